The van der Waals surface area contributed by atoms with Crippen LogP contribution in [-0.2, 0) is 6.42 Å². The van der Waals surface area contributed by atoms with Crippen molar-refractivity contribution in [1.82, 2.24) is 25.8 Å². The van der Waals surface area contributed by atoms with E-state index in [0.29, 0.717) is 24.9 Å². The second-order valence-electron chi connectivity index (χ2n) is 7.81. The Bertz CT molecular complexity index is 783. The minimum absolute atomic E-state index is 0. The third-order valence-electron chi connectivity index (χ3n) is 5.00. The van der Waals surface area contributed by atoms with Gasteiger partial charge in [0.25, 0.3) is 0 Å². The molecule has 0 spiro atoms. The molecule has 1 saturated heterocycles. The smallest absolute Gasteiger partial charge is 0.228 e. The van der Waals surface area contributed by atoms with Crippen LogP contribution in [0.4, 0.5) is 5.82 Å². The summed E-state index contributed by atoms with van der Waals surface area (Å²) in [4.78, 5) is 16.0. The van der Waals surface area contributed by atoms with Crippen LogP contribution in [-0.4, -0.2) is 53.3 Å². The Hall–Kier alpha value is -1.91. The lowest BCUT2D eigenvalue weighted by atomic mass is 10.1. The zero-order valence-corrected chi connectivity index (χ0v) is 20.7. The Balaban J connectivity index is 0.00000320. The first-order valence-corrected chi connectivity index (χ1v) is 10.6. The number of hydrogen-bond donors (Lipinski definition) is 2. The van der Waals surface area contributed by atoms with Gasteiger partial charge in [-0.3, -0.25) is 4.99 Å². The van der Waals surface area contributed by atoms with Crippen molar-refractivity contribution in [2.24, 2.45) is 4.99 Å². The Kier molecular flexibility index (Phi) is 9.80. The zero-order chi connectivity index (χ0) is 20.6. The van der Waals surface area contributed by atoms with Gasteiger partial charge in [0, 0.05) is 44.2 Å². The molecule has 0 radical (unpaired) electrons. The minimum Gasteiger partial charge on any atom is -0.357 e. The van der Waals surface area contributed by atoms with Gasteiger partial charge < -0.3 is 20.1 Å². The molecule has 0 amide bonds. The fourth-order valence-corrected chi connectivity index (χ4v) is 3.28. The highest BCUT2D eigenvalue weighted by atomic mass is 127. The van der Waals surface area contributed by atoms with Crippen LogP contribution < -0.4 is 15.5 Å². The third-order valence-corrected chi connectivity index (χ3v) is 5.00. The van der Waals surface area contributed by atoms with Gasteiger partial charge in [0.1, 0.15) is 5.82 Å². The lowest BCUT2D eigenvalue weighted by Crippen LogP contribution is -2.49. The van der Waals surface area contributed by atoms with E-state index in [9.17, 15) is 0 Å². The molecule has 2 N–H and O–H groups in total. The molecule has 166 valence electrons. The molecule has 3 heterocycles. The fourth-order valence-electron chi connectivity index (χ4n) is 3.28. The Labute approximate surface area is 196 Å². The van der Waals surface area contributed by atoms with Crippen LogP contribution in [0.5, 0.6) is 0 Å². The molecule has 3 rings (SSSR count). The molecule has 0 unspecified atom stereocenters. The van der Waals surface area contributed by atoms with Crippen LogP contribution in [0.3, 0.4) is 0 Å². The number of pyridine rings is 1. The number of rotatable bonds is 7. The molecule has 9 heteroatoms. The van der Waals surface area contributed by atoms with Crippen LogP contribution in [0.1, 0.15) is 56.8 Å². The van der Waals surface area contributed by atoms with Crippen LogP contribution in [0.25, 0.3) is 0 Å². The Morgan fingerprint density at radius 3 is 2.67 bits per heavy atom. The molecule has 0 saturated carbocycles. The second kappa shape index (κ2) is 12.1. The summed E-state index contributed by atoms with van der Waals surface area (Å²) in [5.41, 5.74) is 1.19. The summed E-state index contributed by atoms with van der Waals surface area (Å²) < 4.78 is 5.30. The van der Waals surface area contributed by atoms with Crippen molar-refractivity contribution in [1.29, 1.82) is 0 Å². The summed E-state index contributed by atoms with van der Waals surface area (Å²) in [5, 5.41) is 10.9. The number of hydrogen-bond acceptors (Lipinski definition) is 6. The van der Waals surface area contributed by atoms with Gasteiger partial charge in [-0.2, -0.15) is 4.98 Å². The first-order chi connectivity index (χ1) is 14.0. The van der Waals surface area contributed by atoms with Crippen molar-refractivity contribution in [3.63, 3.8) is 0 Å². The average molecular weight is 527 g/mol. The van der Waals surface area contributed by atoms with E-state index in [1.807, 2.05) is 6.20 Å². The topological polar surface area (TPSA) is 91.5 Å². The van der Waals surface area contributed by atoms with E-state index in [-0.39, 0.29) is 29.9 Å². The summed E-state index contributed by atoms with van der Waals surface area (Å²) in [6, 6.07) is 4.64. The number of halogens is 1. The van der Waals surface area contributed by atoms with E-state index >= 15 is 0 Å². The number of aromatic nitrogens is 3. The lowest BCUT2D eigenvalue weighted by Gasteiger charge is -2.33. The number of piperidine rings is 1. The maximum atomic E-state index is 5.30. The highest BCUT2D eigenvalue weighted by molar-refractivity contribution is 14.0. The van der Waals surface area contributed by atoms with Crippen LogP contribution in [0.15, 0.2) is 27.8 Å². The number of nitrogens with one attached hydrogen (secondary N) is 2. The standard InChI is InChI=1S/C21H33N7O.HI/c1-5-22-21(23-11-8-19-26-20(15(2)3)27-29-19)25-17-9-12-28(13-10-17)18-7-6-16(4)14-24-18;/h6-7,14-15,17H,5,8-13H2,1-4H3,(H2,22,23,25);1H. The number of aliphatic imine (C=N–C) groups is 1. The van der Waals surface area contributed by atoms with E-state index in [1.165, 1.54) is 5.56 Å². The molecular formula is C21H34IN7O. The average Bonchev–Trinajstić information content (AvgIpc) is 3.19. The maximum absolute atomic E-state index is 5.30. The number of aryl methyl sites for hydroxylation is 1. The summed E-state index contributed by atoms with van der Waals surface area (Å²) in [6.07, 6.45) is 4.69. The van der Waals surface area contributed by atoms with Crippen LogP contribution >= 0.6 is 24.0 Å². The molecule has 1 aliphatic heterocycles. The molecule has 0 bridgehead atoms. The second-order valence-corrected chi connectivity index (χ2v) is 7.81. The molecule has 0 aromatic carbocycles. The number of nitrogens with zero attached hydrogens (tertiary/aromatic N) is 5. The van der Waals surface area contributed by atoms with E-state index in [1.54, 1.807) is 0 Å². The zero-order valence-electron chi connectivity index (χ0n) is 18.4. The highest BCUT2D eigenvalue weighted by Gasteiger charge is 2.21. The molecule has 0 atom stereocenters. The summed E-state index contributed by atoms with van der Waals surface area (Å²) in [7, 11) is 0. The quantitative estimate of drug-likeness (QED) is 0.325. The van der Waals surface area contributed by atoms with Crippen molar-refractivity contribution in [3.05, 3.63) is 35.6 Å². The summed E-state index contributed by atoms with van der Waals surface area (Å²) >= 11 is 0. The van der Waals surface area contributed by atoms with Gasteiger partial charge in [-0.05, 0) is 38.3 Å². The van der Waals surface area contributed by atoms with Crippen LogP contribution in [0, 0.1) is 6.92 Å². The van der Waals surface area contributed by atoms with Gasteiger partial charge >= 0.3 is 0 Å². The molecular weight excluding hydrogens is 493 g/mol. The molecule has 8 nitrogen and oxygen atoms in total. The Morgan fingerprint density at radius 1 is 1.30 bits per heavy atom. The van der Waals surface area contributed by atoms with Crippen molar-refractivity contribution in [3.8, 4) is 0 Å². The van der Waals surface area contributed by atoms with Gasteiger partial charge in [0.15, 0.2) is 11.8 Å². The van der Waals surface area contributed by atoms with Crippen molar-refractivity contribution >= 4 is 35.8 Å². The van der Waals surface area contributed by atoms with Crippen LogP contribution in [0.2, 0.25) is 0 Å². The van der Waals surface area contributed by atoms with Gasteiger partial charge in [-0.15, -0.1) is 24.0 Å². The van der Waals surface area contributed by atoms with Crippen molar-refractivity contribution < 1.29 is 4.52 Å². The number of guanidine groups is 1. The van der Waals surface area contributed by atoms with Gasteiger partial charge in [-0.1, -0.05) is 25.1 Å². The third kappa shape index (κ3) is 7.10. The van der Waals surface area contributed by atoms with E-state index in [0.717, 1.165) is 50.1 Å². The largest absolute Gasteiger partial charge is 0.357 e. The van der Waals surface area contributed by atoms with Gasteiger partial charge in [0.2, 0.25) is 5.89 Å². The van der Waals surface area contributed by atoms with Crippen molar-refractivity contribution in [2.75, 3.05) is 31.1 Å². The molecule has 0 aliphatic carbocycles. The first kappa shape index (κ1) is 24.4. The molecule has 2 aromatic heterocycles. The minimum atomic E-state index is 0. The molecule has 30 heavy (non-hydrogen) atoms. The summed E-state index contributed by atoms with van der Waals surface area (Å²) in [6.45, 7) is 11.7. The predicted molar refractivity (Wildman–Crippen MR) is 131 cm³/mol. The lowest BCUT2D eigenvalue weighted by molar-refractivity contribution is 0.372. The molecule has 1 fully saturated rings. The Morgan fingerprint density at radius 2 is 2.07 bits per heavy atom. The number of anilines is 1. The summed E-state index contributed by atoms with van der Waals surface area (Å²) in [5.74, 6) is 3.59. The monoisotopic (exact) mass is 527 g/mol. The van der Waals surface area contributed by atoms with Gasteiger partial charge in [0.05, 0.1) is 6.54 Å². The SMILES string of the molecule is CCNC(=NCCc1nc(C(C)C)no1)NC1CCN(c2ccc(C)cn2)CC1.I. The van der Waals surface area contributed by atoms with E-state index < -0.39 is 0 Å². The first-order valence-electron chi connectivity index (χ1n) is 10.6. The maximum Gasteiger partial charge on any atom is 0.228 e. The highest BCUT2D eigenvalue weighted by Crippen LogP contribution is 2.18. The van der Waals surface area contributed by atoms with Crippen molar-refractivity contribution in [2.45, 2.75) is 58.9 Å². The molecule has 1 aliphatic rings. The van der Waals surface area contributed by atoms with E-state index in [4.69, 9.17) is 4.52 Å². The fraction of sp³-hybridized carbons (Fsp3) is 0.619. The predicted octanol–water partition coefficient (Wildman–Crippen LogP) is 3.28. The normalized spacial score (nSPS) is 15.2. The van der Waals surface area contributed by atoms with Gasteiger partial charge in [-0.25, -0.2) is 4.98 Å². The van der Waals surface area contributed by atoms with E-state index in [2.05, 4.69) is 75.5 Å². The molecule has 2 aromatic rings.